The highest BCUT2D eigenvalue weighted by Gasteiger charge is 2.05. The lowest BCUT2D eigenvalue weighted by Crippen LogP contribution is -1.95. The molecule has 0 aliphatic carbocycles. The smallest absolute Gasteiger partial charge is 0.123 e. The first-order chi connectivity index (χ1) is 9.22. The van der Waals surface area contributed by atoms with E-state index in [1.165, 1.54) is 4.90 Å². The van der Waals surface area contributed by atoms with Gasteiger partial charge in [-0.2, -0.15) is 0 Å². The van der Waals surface area contributed by atoms with E-state index >= 15 is 0 Å². The van der Waals surface area contributed by atoms with Gasteiger partial charge in [0.25, 0.3) is 0 Å². The summed E-state index contributed by atoms with van der Waals surface area (Å²) in [6.45, 7) is 0.576. The molecule has 0 spiro atoms. The first-order valence-corrected chi connectivity index (χ1v) is 7.33. The van der Waals surface area contributed by atoms with Crippen LogP contribution in [0.3, 0.4) is 0 Å². The van der Waals surface area contributed by atoms with Gasteiger partial charge in [-0.3, -0.25) is 0 Å². The Morgan fingerprint density at radius 1 is 1.16 bits per heavy atom. The zero-order valence-electron chi connectivity index (χ0n) is 10.7. The van der Waals surface area contributed by atoms with Gasteiger partial charge < -0.3 is 10.5 Å². The van der Waals surface area contributed by atoms with Gasteiger partial charge >= 0.3 is 0 Å². The Bertz CT molecular complexity index is 542. The quantitative estimate of drug-likeness (QED) is 0.843. The minimum absolute atomic E-state index is 0.576. The highest BCUT2D eigenvalue weighted by molar-refractivity contribution is 7.98. The van der Waals surface area contributed by atoms with Crippen molar-refractivity contribution in [1.29, 1.82) is 0 Å². The number of nitrogens with two attached hydrogens (primary N) is 1. The van der Waals surface area contributed by atoms with Crippen molar-refractivity contribution in [1.82, 2.24) is 0 Å². The standard InChI is InChI=1S/C15H16ClNOS/c1-18-15-7-4-13(16)8-12(15)10-19-14-5-2-11(9-17)3-6-14/h2-8H,9-10,17H2,1H3. The molecule has 0 saturated carbocycles. The van der Waals surface area contributed by atoms with Crippen molar-refractivity contribution in [3.63, 3.8) is 0 Å². The summed E-state index contributed by atoms with van der Waals surface area (Å²) in [4.78, 5) is 1.21. The molecule has 0 aliphatic rings. The molecule has 2 nitrogen and oxygen atoms in total. The maximum Gasteiger partial charge on any atom is 0.123 e. The summed E-state index contributed by atoms with van der Waals surface area (Å²) in [5, 5.41) is 0.731. The molecule has 0 saturated heterocycles. The minimum Gasteiger partial charge on any atom is -0.496 e. The normalized spacial score (nSPS) is 10.5. The second kappa shape index (κ2) is 6.85. The van der Waals surface area contributed by atoms with Gasteiger partial charge in [-0.1, -0.05) is 23.7 Å². The number of hydrogen-bond donors (Lipinski definition) is 1. The fourth-order valence-electron chi connectivity index (χ4n) is 1.74. The van der Waals surface area contributed by atoms with Crippen molar-refractivity contribution in [2.75, 3.05) is 7.11 Å². The molecule has 0 bridgehead atoms. The van der Waals surface area contributed by atoms with E-state index in [-0.39, 0.29) is 0 Å². The molecule has 2 aromatic rings. The van der Waals surface area contributed by atoms with Crippen LogP contribution in [0.15, 0.2) is 47.4 Å². The largest absolute Gasteiger partial charge is 0.496 e. The van der Waals surface area contributed by atoms with E-state index in [0.717, 1.165) is 27.7 Å². The Labute approximate surface area is 122 Å². The SMILES string of the molecule is COc1ccc(Cl)cc1CSc1ccc(CN)cc1. The molecule has 0 fully saturated rings. The van der Waals surface area contributed by atoms with Crippen LogP contribution in [0.2, 0.25) is 5.02 Å². The highest BCUT2D eigenvalue weighted by atomic mass is 35.5. The molecule has 100 valence electrons. The van der Waals surface area contributed by atoms with E-state index in [0.29, 0.717) is 6.54 Å². The van der Waals surface area contributed by atoms with E-state index in [1.807, 2.05) is 18.2 Å². The lowest BCUT2D eigenvalue weighted by molar-refractivity contribution is 0.411. The van der Waals surface area contributed by atoms with Gasteiger partial charge in [-0.25, -0.2) is 0 Å². The molecule has 0 unspecified atom stereocenters. The predicted octanol–water partition coefficient (Wildman–Crippen LogP) is 4.10. The van der Waals surface area contributed by atoms with Crippen LogP contribution in [0.4, 0.5) is 0 Å². The number of ether oxygens (including phenoxy) is 1. The van der Waals surface area contributed by atoms with Crippen LogP contribution in [0, 0.1) is 0 Å². The van der Waals surface area contributed by atoms with E-state index in [2.05, 4.69) is 24.3 Å². The van der Waals surface area contributed by atoms with Gasteiger partial charge in [0.05, 0.1) is 7.11 Å². The molecule has 0 atom stereocenters. The van der Waals surface area contributed by atoms with Crippen LogP contribution in [0.5, 0.6) is 5.75 Å². The molecule has 0 aliphatic heterocycles. The Balaban J connectivity index is 2.07. The number of rotatable bonds is 5. The molecule has 0 radical (unpaired) electrons. The first-order valence-electron chi connectivity index (χ1n) is 5.97. The van der Waals surface area contributed by atoms with Crippen molar-refractivity contribution in [2.45, 2.75) is 17.2 Å². The summed E-state index contributed by atoms with van der Waals surface area (Å²) in [7, 11) is 1.67. The first kappa shape index (κ1) is 14.3. The number of halogens is 1. The van der Waals surface area contributed by atoms with E-state index in [9.17, 15) is 0 Å². The molecule has 2 aromatic carbocycles. The Kier molecular flexibility index (Phi) is 5.14. The zero-order valence-corrected chi connectivity index (χ0v) is 12.3. The summed E-state index contributed by atoms with van der Waals surface area (Å²) in [6, 6.07) is 14.0. The highest BCUT2D eigenvalue weighted by Crippen LogP contribution is 2.30. The second-order valence-electron chi connectivity index (χ2n) is 4.09. The fraction of sp³-hybridized carbons (Fsp3) is 0.200. The van der Waals surface area contributed by atoms with Crippen molar-refractivity contribution in [3.05, 3.63) is 58.6 Å². The zero-order chi connectivity index (χ0) is 13.7. The van der Waals surface area contributed by atoms with E-state index < -0.39 is 0 Å². The van der Waals surface area contributed by atoms with Crippen LogP contribution in [-0.2, 0) is 12.3 Å². The lowest BCUT2D eigenvalue weighted by Gasteiger charge is -2.09. The van der Waals surface area contributed by atoms with Gasteiger partial charge in [0.2, 0.25) is 0 Å². The summed E-state index contributed by atoms with van der Waals surface area (Å²) in [5.74, 6) is 1.70. The lowest BCUT2D eigenvalue weighted by atomic mass is 10.2. The Hall–Kier alpha value is -1.16. The third-order valence-corrected chi connectivity index (χ3v) is 4.09. The number of methoxy groups -OCH3 is 1. The molecule has 4 heteroatoms. The van der Waals surface area contributed by atoms with Gasteiger partial charge in [-0.05, 0) is 35.9 Å². The third kappa shape index (κ3) is 3.90. The van der Waals surface area contributed by atoms with Gasteiger partial charge in [-0.15, -0.1) is 11.8 Å². The topological polar surface area (TPSA) is 35.2 Å². The number of thioether (sulfide) groups is 1. The molecule has 0 heterocycles. The Morgan fingerprint density at radius 3 is 2.53 bits per heavy atom. The van der Waals surface area contributed by atoms with Crippen LogP contribution >= 0.6 is 23.4 Å². The van der Waals surface area contributed by atoms with Crippen LogP contribution < -0.4 is 10.5 Å². The molecule has 2 N–H and O–H groups in total. The average molecular weight is 294 g/mol. The van der Waals surface area contributed by atoms with Crippen LogP contribution in [0.1, 0.15) is 11.1 Å². The number of hydrogen-bond acceptors (Lipinski definition) is 3. The van der Waals surface area contributed by atoms with E-state index in [4.69, 9.17) is 22.1 Å². The van der Waals surface area contributed by atoms with Gasteiger partial charge in [0.1, 0.15) is 5.75 Å². The van der Waals surface area contributed by atoms with Crippen molar-refractivity contribution < 1.29 is 4.74 Å². The monoisotopic (exact) mass is 293 g/mol. The number of benzene rings is 2. The second-order valence-corrected chi connectivity index (χ2v) is 5.58. The van der Waals surface area contributed by atoms with Crippen molar-refractivity contribution >= 4 is 23.4 Å². The van der Waals surface area contributed by atoms with Gasteiger partial charge in [0, 0.05) is 27.8 Å². The summed E-state index contributed by atoms with van der Waals surface area (Å²) in [6.07, 6.45) is 0. The third-order valence-electron chi connectivity index (χ3n) is 2.80. The molecule has 2 rings (SSSR count). The van der Waals surface area contributed by atoms with E-state index in [1.54, 1.807) is 18.9 Å². The summed E-state index contributed by atoms with van der Waals surface area (Å²) < 4.78 is 5.34. The Morgan fingerprint density at radius 2 is 1.89 bits per heavy atom. The summed E-state index contributed by atoms with van der Waals surface area (Å²) in [5.41, 5.74) is 7.82. The van der Waals surface area contributed by atoms with Crippen molar-refractivity contribution in [2.24, 2.45) is 5.73 Å². The molecule has 0 amide bonds. The molecular weight excluding hydrogens is 278 g/mol. The maximum atomic E-state index is 6.02. The average Bonchev–Trinajstić information content (AvgIpc) is 2.46. The molecule has 19 heavy (non-hydrogen) atoms. The van der Waals surface area contributed by atoms with Crippen molar-refractivity contribution in [3.8, 4) is 5.75 Å². The molecular formula is C15H16ClNOS. The minimum atomic E-state index is 0.576. The van der Waals surface area contributed by atoms with Crippen LogP contribution in [-0.4, -0.2) is 7.11 Å². The van der Waals surface area contributed by atoms with Crippen LogP contribution in [0.25, 0.3) is 0 Å². The van der Waals surface area contributed by atoms with Gasteiger partial charge in [0.15, 0.2) is 0 Å². The predicted molar refractivity (Wildman–Crippen MR) is 81.9 cm³/mol. The maximum absolute atomic E-state index is 6.02. The molecule has 0 aromatic heterocycles. The summed E-state index contributed by atoms with van der Waals surface area (Å²) >= 11 is 7.77. The fourth-order valence-corrected chi connectivity index (χ4v) is 2.81.